The van der Waals surface area contributed by atoms with Crippen molar-refractivity contribution in [2.45, 2.75) is 12.8 Å². The smallest absolute Gasteiger partial charge is 0.256 e. The van der Waals surface area contributed by atoms with Crippen molar-refractivity contribution in [1.82, 2.24) is 0 Å². The predicted octanol–water partition coefficient (Wildman–Crippen LogP) is 3.31. The Morgan fingerprint density at radius 2 is 2.05 bits per heavy atom. The standard InChI is InChI=1S/C17H18N2O2/c1-21-16-10-3-2-8-15(16)19-17(20)13-6-4-9-14-12(13)7-5-11-18-14/h2-4,6,8-10,18H,5,7,11H2,1H3,(H,19,20). The van der Waals surface area contributed by atoms with E-state index in [4.69, 9.17) is 4.74 Å². The lowest BCUT2D eigenvalue weighted by Gasteiger charge is -2.20. The summed E-state index contributed by atoms with van der Waals surface area (Å²) in [5.41, 5.74) is 3.57. The van der Waals surface area contributed by atoms with Crippen LogP contribution in [0.4, 0.5) is 11.4 Å². The fraction of sp³-hybridized carbons (Fsp3) is 0.235. The zero-order chi connectivity index (χ0) is 14.7. The Kier molecular flexibility index (Phi) is 3.77. The van der Waals surface area contributed by atoms with Gasteiger partial charge in [0.25, 0.3) is 5.91 Å². The van der Waals surface area contributed by atoms with E-state index in [1.54, 1.807) is 7.11 Å². The largest absolute Gasteiger partial charge is 0.495 e. The number of para-hydroxylation sites is 2. The minimum absolute atomic E-state index is 0.0972. The number of carbonyl (C=O) groups is 1. The summed E-state index contributed by atoms with van der Waals surface area (Å²) >= 11 is 0. The first-order valence-corrected chi connectivity index (χ1v) is 7.09. The Bertz CT molecular complexity index is 668. The summed E-state index contributed by atoms with van der Waals surface area (Å²) in [5, 5.41) is 6.28. The average molecular weight is 282 g/mol. The maximum absolute atomic E-state index is 12.6. The third-order valence-electron chi connectivity index (χ3n) is 3.69. The molecule has 108 valence electrons. The van der Waals surface area contributed by atoms with E-state index in [9.17, 15) is 4.79 Å². The lowest BCUT2D eigenvalue weighted by Crippen LogP contribution is -2.19. The van der Waals surface area contributed by atoms with E-state index in [1.165, 1.54) is 0 Å². The molecule has 0 aromatic heterocycles. The van der Waals surface area contributed by atoms with Crippen LogP contribution in [0, 0.1) is 0 Å². The molecule has 0 bridgehead atoms. The second-order valence-corrected chi connectivity index (χ2v) is 5.02. The quantitative estimate of drug-likeness (QED) is 0.908. The number of carbonyl (C=O) groups excluding carboxylic acids is 1. The van der Waals surface area contributed by atoms with Crippen molar-refractivity contribution >= 4 is 17.3 Å². The van der Waals surface area contributed by atoms with Crippen LogP contribution in [0.5, 0.6) is 5.75 Å². The van der Waals surface area contributed by atoms with Gasteiger partial charge in [-0.15, -0.1) is 0 Å². The molecule has 3 rings (SSSR count). The third-order valence-corrected chi connectivity index (χ3v) is 3.69. The van der Waals surface area contributed by atoms with Crippen molar-refractivity contribution in [3.05, 3.63) is 53.6 Å². The van der Waals surface area contributed by atoms with Crippen LogP contribution in [0.2, 0.25) is 0 Å². The van der Waals surface area contributed by atoms with Gasteiger partial charge in [-0.25, -0.2) is 0 Å². The summed E-state index contributed by atoms with van der Waals surface area (Å²) in [4.78, 5) is 12.6. The molecule has 21 heavy (non-hydrogen) atoms. The molecule has 0 unspecified atom stereocenters. The number of methoxy groups -OCH3 is 1. The van der Waals surface area contributed by atoms with Crippen LogP contribution in [0.3, 0.4) is 0 Å². The molecule has 1 aliphatic heterocycles. The Morgan fingerprint density at radius 3 is 2.90 bits per heavy atom. The molecule has 0 fully saturated rings. The first-order chi connectivity index (χ1) is 10.3. The highest BCUT2D eigenvalue weighted by atomic mass is 16.5. The number of ether oxygens (including phenoxy) is 1. The van der Waals surface area contributed by atoms with Gasteiger partial charge < -0.3 is 15.4 Å². The minimum Gasteiger partial charge on any atom is -0.495 e. The Balaban J connectivity index is 1.89. The molecule has 0 radical (unpaired) electrons. The molecule has 4 heteroatoms. The summed E-state index contributed by atoms with van der Waals surface area (Å²) < 4.78 is 5.27. The van der Waals surface area contributed by atoms with E-state index < -0.39 is 0 Å². The first-order valence-electron chi connectivity index (χ1n) is 7.09. The van der Waals surface area contributed by atoms with E-state index in [0.29, 0.717) is 11.4 Å². The molecule has 0 aliphatic carbocycles. The van der Waals surface area contributed by atoms with Gasteiger partial charge >= 0.3 is 0 Å². The van der Waals surface area contributed by atoms with E-state index in [-0.39, 0.29) is 5.91 Å². The van der Waals surface area contributed by atoms with Gasteiger partial charge in [-0.3, -0.25) is 4.79 Å². The zero-order valence-electron chi connectivity index (χ0n) is 12.0. The maximum Gasteiger partial charge on any atom is 0.256 e. The van der Waals surface area contributed by atoms with Crippen LogP contribution >= 0.6 is 0 Å². The second-order valence-electron chi connectivity index (χ2n) is 5.02. The number of hydrogen-bond donors (Lipinski definition) is 2. The van der Waals surface area contributed by atoms with Crippen LogP contribution < -0.4 is 15.4 Å². The fourth-order valence-corrected chi connectivity index (χ4v) is 2.66. The van der Waals surface area contributed by atoms with Crippen molar-refractivity contribution < 1.29 is 9.53 Å². The molecule has 0 saturated carbocycles. The summed E-state index contributed by atoms with van der Waals surface area (Å²) in [7, 11) is 1.60. The number of rotatable bonds is 3. The van der Waals surface area contributed by atoms with E-state index >= 15 is 0 Å². The van der Waals surface area contributed by atoms with Crippen LogP contribution in [-0.2, 0) is 6.42 Å². The van der Waals surface area contributed by atoms with Gasteiger partial charge in [-0.1, -0.05) is 18.2 Å². The number of nitrogens with one attached hydrogen (secondary N) is 2. The van der Waals surface area contributed by atoms with Crippen molar-refractivity contribution in [1.29, 1.82) is 0 Å². The summed E-state index contributed by atoms with van der Waals surface area (Å²) in [5.74, 6) is 0.564. The first kappa shape index (κ1) is 13.5. The highest BCUT2D eigenvalue weighted by molar-refractivity contribution is 6.06. The van der Waals surface area contributed by atoms with Gasteiger partial charge in [-0.2, -0.15) is 0 Å². The SMILES string of the molecule is COc1ccccc1NC(=O)c1cccc2c1CCCN2. The number of fused-ring (bicyclic) bond motifs is 1. The molecule has 4 nitrogen and oxygen atoms in total. The molecule has 2 N–H and O–H groups in total. The molecule has 2 aromatic rings. The minimum atomic E-state index is -0.0972. The van der Waals surface area contributed by atoms with Crippen LogP contribution in [0.15, 0.2) is 42.5 Å². The van der Waals surface area contributed by atoms with Crippen molar-refractivity contribution in [2.75, 3.05) is 24.3 Å². The average Bonchev–Trinajstić information content (AvgIpc) is 2.54. The topological polar surface area (TPSA) is 50.4 Å². The number of hydrogen-bond acceptors (Lipinski definition) is 3. The molecule has 1 aliphatic rings. The van der Waals surface area contributed by atoms with Gasteiger partial charge in [0.15, 0.2) is 0 Å². The van der Waals surface area contributed by atoms with Crippen LogP contribution in [-0.4, -0.2) is 19.6 Å². The molecule has 1 amide bonds. The maximum atomic E-state index is 12.6. The molecular formula is C17H18N2O2. The molecule has 0 atom stereocenters. The molecular weight excluding hydrogens is 264 g/mol. The van der Waals surface area contributed by atoms with E-state index in [0.717, 1.165) is 36.2 Å². The molecule has 0 saturated heterocycles. The summed E-state index contributed by atoms with van der Waals surface area (Å²) in [6, 6.07) is 13.2. The van der Waals surface area contributed by atoms with Crippen LogP contribution in [0.1, 0.15) is 22.3 Å². The van der Waals surface area contributed by atoms with Gasteiger partial charge in [0.2, 0.25) is 0 Å². The lowest BCUT2D eigenvalue weighted by atomic mass is 9.97. The Labute approximate surface area is 124 Å². The van der Waals surface area contributed by atoms with Gasteiger partial charge in [0, 0.05) is 17.8 Å². The van der Waals surface area contributed by atoms with E-state index in [2.05, 4.69) is 10.6 Å². The van der Waals surface area contributed by atoms with Gasteiger partial charge in [0.1, 0.15) is 5.75 Å². The Hall–Kier alpha value is -2.49. The number of amides is 1. The second kappa shape index (κ2) is 5.87. The van der Waals surface area contributed by atoms with Gasteiger partial charge in [0.05, 0.1) is 12.8 Å². The lowest BCUT2D eigenvalue weighted by molar-refractivity contribution is 0.102. The number of anilines is 2. The molecule has 1 heterocycles. The summed E-state index contributed by atoms with van der Waals surface area (Å²) in [6.07, 6.45) is 1.98. The summed E-state index contributed by atoms with van der Waals surface area (Å²) in [6.45, 7) is 0.963. The third kappa shape index (κ3) is 2.70. The van der Waals surface area contributed by atoms with Crippen molar-refractivity contribution in [3.63, 3.8) is 0 Å². The monoisotopic (exact) mass is 282 g/mol. The predicted molar refractivity (Wildman–Crippen MR) is 84.2 cm³/mol. The molecule has 0 spiro atoms. The zero-order valence-corrected chi connectivity index (χ0v) is 12.0. The normalized spacial score (nSPS) is 13.0. The van der Waals surface area contributed by atoms with Crippen molar-refractivity contribution in [2.24, 2.45) is 0 Å². The fourth-order valence-electron chi connectivity index (χ4n) is 2.66. The highest BCUT2D eigenvalue weighted by Gasteiger charge is 2.18. The van der Waals surface area contributed by atoms with Gasteiger partial charge in [-0.05, 0) is 42.7 Å². The Morgan fingerprint density at radius 1 is 1.19 bits per heavy atom. The van der Waals surface area contributed by atoms with E-state index in [1.807, 2.05) is 42.5 Å². The van der Waals surface area contributed by atoms with Crippen LogP contribution in [0.25, 0.3) is 0 Å². The van der Waals surface area contributed by atoms with Crippen molar-refractivity contribution in [3.8, 4) is 5.75 Å². The number of benzene rings is 2. The molecule has 2 aromatic carbocycles. The highest BCUT2D eigenvalue weighted by Crippen LogP contribution is 2.28.